The fourth-order valence-electron chi connectivity index (χ4n) is 6.92. The zero-order valence-electron chi connectivity index (χ0n) is 26.7. The van der Waals surface area contributed by atoms with Crippen molar-refractivity contribution >= 4 is 64.4 Å². The largest absolute Gasteiger partial charge is 0.208 e. The molecule has 7 aromatic carbocycles. The van der Waals surface area contributed by atoms with Crippen LogP contribution in [0, 0.1) is 0 Å². The Labute approximate surface area is 296 Å². The van der Waals surface area contributed by atoms with E-state index in [0.717, 1.165) is 27.8 Å². The molecule has 0 bridgehead atoms. The van der Waals surface area contributed by atoms with Gasteiger partial charge in [-0.1, -0.05) is 109 Å². The predicted molar refractivity (Wildman–Crippen MR) is 213 cm³/mol. The number of hydrogen-bond acceptors (Lipinski definition) is 5. The summed E-state index contributed by atoms with van der Waals surface area (Å²) in [4.78, 5) is 16.5. The van der Waals surface area contributed by atoms with Crippen molar-refractivity contribution in [2.75, 3.05) is 0 Å². The van der Waals surface area contributed by atoms with Crippen LogP contribution >= 0.6 is 22.7 Å². The molecule has 0 atom stereocenters. The number of aromatic nitrogens is 3. The van der Waals surface area contributed by atoms with E-state index in [9.17, 15) is 0 Å². The Morgan fingerprint density at radius 1 is 0.360 bits per heavy atom. The maximum atomic E-state index is 5.14. The lowest BCUT2D eigenvalue weighted by molar-refractivity contribution is 1.07. The number of rotatable bonds is 5. The molecule has 0 saturated heterocycles. The van der Waals surface area contributed by atoms with Gasteiger partial charge in [-0.25, -0.2) is 15.0 Å². The van der Waals surface area contributed by atoms with Crippen LogP contribution in [0.25, 0.3) is 97.4 Å². The van der Waals surface area contributed by atoms with E-state index in [1.54, 1.807) is 11.3 Å². The molecule has 5 heteroatoms. The van der Waals surface area contributed by atoms with E-state index in [2.05, 4.69) is 127 Å². The molecule has 0 fully saturated rings. The summed E-state index contributed by atoms with van der Waals surface area (Å²) >= 11 is 3.62. The van der Waals surface area contributed by atoms with Gasteiger partial charge in [0.15, 0.2) is 17.5 Å². The van der Waals surface area contributed by atoms with E-state index in [1.165, 1.54) is 52.2 Å². The van der Waals surface area contributed by atoms with Gasteiger partial charge in [0.25, 0.3) is 0 Å². The zero-order valence-corrected chi connectivity index (χ0v) is 28.4. The first-order valence-corrected chi connectivity index (χ1v) is 18.3. The number of benzene rings is 7. The Kier molecular flexibility index (Phi) is 6.86. The van der Waals surface area contributed by atoms with Gasteiger partial charge in [0.2, 0.25) is 0 Å². The minimum absolute atomic E-state index is 0.646. The van der Waals surface area contributed by atoms with Crippen LogP contribution in [0.4, 0.5) is 0 Å². The van der Waals surface area contributed by atoms with E-state index in [1.807, 2.05) is 47.7 Å². The van der Waals surface area contributed by atoms with Gasteiger partial charge in [-0.3, -0.25) is 0 Å². The maximum absolute atomic E-state index is 5.14. The molecule has 234 valence electrons. The molecule has 0 spiro atoms. The molecule has 0 aliphatic carbocycles. The minimum Gasteiger partial charge on any atom is -0.208 e. The smallest absolute Gasteiger partial charge is 0.164 e. The van der Waals surface area contributed by atoms with Crippen molar-refractivity contribution in [1.29, 1.82) is 0 Å². The zero-order chi connectivity index (χ0) is 33.0. The first-order valence-electron chi connectivity index (χ1n) is 16.6. The molecule has 10 aromatic rings. The first-order chi connectivity index (χ1) is 24.7. The third-order valence-corrected chi connectivity index (χ3v) is 11.4. The Hall–Kier alpha value is -6.01. The third-order valence-electron chi connectivity index (χ3n) is 9.35. The van der Waals surface area contributed by atoms with Crippen molar-refractivity contribution in [2.45, 2.75) is 0 Å². The molecule has 0 N–H and O–H groups in total. The van der Waals surface area contributed by atoms with Crippen LogP contribution in [0.5, 0.6) is 0 Å². The molecule has 3 aromatic heterocycles. The van der Waals surface area contributed by atoms with Crippen molar-refractivity contribution in [2.24, 2.45) is 0 Å². The topological polar surface area (TPSA) is 38.7 Å². The summed E-state index contributed by atoms with van der Waals surface area (Å²) in [6.07, 6.45) is 0. The Morgan fingerprint density at radius 3 is 1.68 bits per heavy atom. The first kappa shape index (κ1) is 29.0. The van der Waals surface area contributed by atoms with Crippen LogP contribution in [-0.4, -0.2) is 15.0 Å². The van der Waals surface area contributed by atoms with Crippen LogP contribution < -0.4 is 0 Å². The molecular formula is C45H27N3S2. The summed E-state index contributed by atoms with van der Waals surface area (Å²) in [5.74, 6) is 1.95. The Balaban J connectivity index is 1.25. The molecule has 3 heterocycles. The summed E-state index contributed by atoms with van der Waals surface area (Å²) < 4.78 is 2.60. The number of nitrogens with zero attached hydrogens (tertiary/aromatic N) is 3. The number of fused-ring (bicyclic) bond motifs is 5. The highest BCUT2D eigenvalue weighted by Crippen LogP contribution is 2.42. The van der Waals surface area contributed by atoms with Gasteiger partial charge in [-0.05, 0) is 103 Å². The van der Waals surface area contributed by atoms with Gasteiger partial charge in [-0.2, -0.15) is 0 Å². The van der Waals surface area contributed by atoms with E-state index < -0.39 is 0 Å². The minimum atomic E-state index is 0.646. The fraction of sp³-hybridized carbons (Fsp3) is 0. The van der Waals surface area contributed by atoms with Crippen LogP contribution in [0.1, 0.15) is 0 Å². The highest BCUT2D eigenvalue weighted by molar-refractivity contribution is 7.22. The van der Waals surface area contributed by atoms with Crippen LogP contribution in [0.15, 0.2) is 163 Å². The average molecular weight is 674 g/mol. The molecule has 0 aliphatic rings. The monoisotopic (exact) mass is 673 g/mol. The standard InChI is InChI=1S/C45H27N3S2/c1-3-11-28(12-4-1)43-46-44(29-13-5-2-6-14-29)48-45(47-43)35-22-32(39-24-30-15-7-8-16-36(30)37-17-9-10-18-38(37)39)21-33(23-35)42-27-34-26-40-31(19-20-49-40)25-41(34)50-42/h1-27H. The van der Waals surface area contributed by atoms with Gasteiger partial charge < -0.3 is 0 Å². The molecule has 0 unspecified atom stereocenters. The SMILES string of the molecule is c1ccc(-c2nc(-c3ccccc3)nc(-c3cc(-c4cc5cc6sccc6cc5s4)cc(-c4cc5ccccc5c5ccccc45)c3)n2)cc1. The lowest BCUT2D eigenvalue weighted by Crippen LogP contribution is -2.00. The quantitative estimate of drug-likeness (QED) is 0.171. The predicted octanol–water partition coefficient (Wildman–Crippen LogP) is 12.9. The Bertz CT molecular complexity index is 2770. The van der Waals surface area contributed by atoms with E-state index in [4.69, 9.17) is 15.0 Å². The highest BCUT2D eigenvalue weighted by atomic mass is 32.1. The summed E-state index contributed by atoms with van der Waals surface area (Å²) in [6, 6.07) is 56.1. The molecule has 0 amide bonds. The van der Waals surface area contributed by atoms with Gasteiger partial charge >= 0.3 is 0 Å². The van der Waals surface area contributed by atoms with Crippen molar-refractivity contribution in [3.8, 4) is 55.7 Å². The molecule has 0 aliphatic heterocycles. The normalized spacial score (nSPS) is 11.6. The lowest BCUT2D eigenvalue weighted by Gasteiger charge is -2.14. The maximum Gasteiger partial charge on any atom is 0.164 e. The van der Waals surface area contributed by atoms with Gasteiger partial charge in [0.1, 0.15) is 0 Å². The van der Waals surface area contributed by atoms with Crippen molar-refractivity contribution in [3.63, 3.8) is 0 Å². The number of thiophene rings is 2. The summed E-state index contributed by atoms with van der Waals surface area (Å²) in [5, 5.41) is 9.66. The van der Waals surface area contributed by atoms with Gasteiger partial charge in [-0.15, -0.1) is 22.7 Å². The van der Waals surface area contributed by atoms with Crippen LogP contribution in [0.2, 0.25) is 0 Å². The molecule has 10 rings (SSSR count). The summed E-state index contributed by atoms with van der Waals surface area (Å²) in [7, 11) is 0. The van der Waals surface area contributed by atoms with E-state index in [0.29, 0.717) is 17.5 Å². The molecule has 0 saturated carbocycles. The fourth-order valence-corrected chi connectivity index (χ4v) is 8.82. The number of hydrogen-bond donors (Lipinski definition) is 0. The van der Waals surface area contributed by atoms with Crippen molar-refractivity contribution < 1.29 is 0 Å². The van der Waals surface area contributed by atoms with E-state index >= 15 is 0 Å². The average Bonchev–Trinajstić information content (AvgIpc) is 3.83. The Morgan fingerprint density at radius 2 is 0.940 bits per heavy atom. The molecule has 50 heavy (non-hydrogen) atoms. The summed E-state index contributed by atoms with van der Waals surface area (Å²) in [5.41, 5.74) is 6.31. The second-order valence-electron chi connectivity index (χ2n) is 12.5. The second kappa shape index (κ2) is 11.8. The lowest BCUT2D eigenvalue weighted by atomic mass is 9.91. The van der Waals surface area contributed by atoms with Crippen molar-refractivity contribution in [3.05, 3.63) is 163 Å². The van der Waals surface area contributed by atoms with Crippen LogP contribution in [0.3, 0.4) is 0 Å². The molecular weight excluding hydrogens is 647 g/mol. The molecule has 0 radical (unpaired) electrons. The highest BCUT2D eigenvalue weighted by Gasteiger charge is 2.17. The van der Waals surface area contributed by atoms with Gasteiger partial charge in [0.05, 0.1) is 0 Å². The third kappa shape index (κ3) is 5.07. The second-order valence-corrected chi connectivity index (χ2v) is 14.5. The summed E-state index contributed by atoms with van der Waals surface area (Å²) in [6.45, 7) is 0. The molecule has 3 nitrogen and oxygen atoms in total. The van der Waals surface area contributed by atoms with E-state index in [-0.39, 0.29) is 0 Å². The van der Waals surface area contributed by atoms with Crippen molar-refractivity contribution in [1.82, 2.24) is 15.0 Å². The van der Waals surface area contributed by atoms with Gasteiger partial charge in [0, 0.05) is 31.0 Å². The van der Waals surface area contributed by atoms with Crippen LogP contribution in [-0.2, 0) is 0 Å².